The van der Waals surface area contributed by atoms with Gasteiger partial charge in [0.25, 0.3) is 0 Å². The Morgan fingerprint density at radius 1 is 1.10 bits per heavy atom. The molecular weight excluding hydrogens is 264 g/mol. The van der Waals surface area contributed by atoms with Gasteiger partial charge in [-0.2, -0.15) is 0 Å². The van der Waals surface area contributed by atoms with Gasteiger partial charge in [0.2, 0.25) is 5.89 Å². The van der Waals surface area contributed by atoms with E-state index in [0.29, 0.717) is 29.9 Å². The van der Waals surface area contributed by atoms with E-state index in [0.717, 1.165) is 13.1 Å². The third-order valence-corrected chi connectivity index (χ3v) is 5.13. The second kappa shape index (κ2) is 6.34. The molecule has 1 spiro atoms. The predicted octanol–water partition coefficient (Wildman–Crippen LogP) is 3.12. The molecule has 0 aromatic carbocycles. The Labute approximate surface area is 127 Å². The van der Waals surface area contributed by atoms with Crippen molar-refractivity contribution in [2.75, 3.05) is 18.0 Å². The highest BCUT2D eigenvalue weighted by Crippen LogP contribution is 2.44. The maximum atomic E-state index is 5.79. The van der Waals surface area contributed by atoms with E-state index in [2.05, 4.69) is 34.3 Å². The molecule has 2 fully saturated rings. The lowest BCUT2D eigenvalue weighted by molar-refractivity contribution is 0.142. The summed E-state index contributed by atoms with van der Waals surface area (Å²) in [6.45, 7) is 7.03. The molecule has 1 N–H and O–H groups in total. The lowest BCUT2D eigenvalue weighted by Gasteiger charge is -2.43. The molecular formula is C16H28N4O. The van der Waals surface area contributed by atoms with Crippen LogP contribution in [0.2, 0.25) is 0 Å². The normalized spacial score (nSPS) is 22.1. The van der Waals surface area contributed by atoms with Crippen molar-refractivity contribution in [2.24, 2.45) is 5.41 Å². The molecule has 0 unspecified atom stereocenters. The van der Waals surface area contributed by atoms with Crippen LogP contribution in [0.4, 0.5) is 6.01 Å². The number of rotatable bonds is 4. The molecule has 1 aliphatic carbocycles. The van der Waals surface area contributed by atoms with Crippen LogP contribution in [0.3, 0.4) is 0 Å². The Balaban J connectivity index is 1.54. The van der Waals surface area contributed by atoms with Crippen LogP contribution in [0, 0.1) is 5.41 Å². The van der Waals surface area contributed by atoms with Crippen molar-refractivity contribution >= 4 is 6.01 Å². The van der Waals surface area contributed by atoms with E-state index in [1.165, 1.54) is 44.9 Å². The summed E-state index contributed by atoms with van der Waals surface area (Å²) in [7, 11) is 0. The van der Waals surface area contributed by atoms with Crippen LogP contribution in [0.1, 0.15) is 64.7 Å². The van der Waals surface area contributed by atoms with Gasteiger partial charge in [0.1, 0.15) is 0 Å². The average molecular weight is 292 g/mol. The van der Waals surface area contributed by atoms with Crippen LogP contribution < -0.4 is 10.2 Å². The summed E-state index contributed by atoms with van der Waals surface area (Å²) in [5.74, 6) is 0.691. The first-order valence-electron chi connectivity index (χ1n) is 8.48. The summed E-state index contributed by atoms with van der Waals surface area (Å²) >= 11 is 0. The number of aromatic nitrogens is 2. The molecule has 1 saturated heterocycles. The Morgan fingerprint density at radius 2 is 1.81 bits per heavy atom. The van der Waals surface area contributed by atoms with E-state index < -0.39 is 0 Å². The average Bonchev–Trinajstić information content (AvgIpc) is 2.96. The topological polar surface area (TPSA) is 54.2 Å². The minimum absolute atomic E-state index is 0.432. The number of hydrogen-bond acceptors (Lipinski definition) is 5. The summed E-state index contributed by atoms with van der Waals surface area (Å²) in [6, 6.07) is 1.14. The second-order valence-electron chi connectivity index (χ2n) is 7.06. The van der Waals surface area contributed by atoms with Gasteiger partial charge in [-0.25, -0.2) is 0 Å². The van der Waals surface area contributed by atoms with Crippen molar-refractivity contribution in [1.82, 2.24) is 15.5 Å². The molecule has 1 saturated carbocycles. The van der Waals surface area contributed by atoms with Crippen molar-refractivity contribution < 1.29 is 4.42 Å². The minimum Gasteiger partial charge on any atom is -0.407 e. The molecule has 1 aromatic heterocycles. The van der Waals surface area contributed by atoms with Crippen LogP contribution in [-0.2, 0) is 6.54 Å². The molecule has 3 rings (SSSR count). The fourth-order valence-electron chi connectivity index (χ4n) is 3.71. The zero-order valence-corrected chi connectivity index (χ0v) is 13.4. The number of piperidine rings is 1. The summed E-state index contributed by atoms with van der Waals surface area (Å²) in [5, 5.41) is 11.7. The lowest BCUT2D eigenvalue weighted by atomic mass is 9.68. The van der Waals surface area contributed by atoms with Gasteiger partial charge in [-0.3, -0.25) is 0 Å². The van der Waals surface area contributed by atoms with Crippen molar-refractivity contribution in [3.63, 3.8) is 0 Å². The molecule has 0 bridgehead atoms. The SMILES string of the molecule is CC(C)NCc1nnc(N2CCC3(CCCCC3)CC2)o1. The van der Waals surface area contributed by atoms with Gasteiger partial charge in [0.05, 0.1) is 6.54 Å². The van der Waals surface area contributed by atoms with E-state index in [1.54, 1.807) is 0 Å². The zero-order valence-electron chi connectivity index (χ0n) is 13.4. The maximum Gasteiger partial charge on any atom is 0.318 e. The van der Waals surface area contributed by atoms with Crippen LogP contribution in [0.25, 0.3) is 0 Å². The highest BCUT2D eigenvalue weighted by Gasteiger charge is 2.36. The van der Waals surface area contributed by atoms with Crippen molar-refractivity contribution in [1.29, 1.82) is 0 Å². The zero-order chi connectivity index (χ0) is 14.7. The molecule has 1 aliphatic heterocycles. The molecule has 5 nitrogen and oxygen atoms in total. The molecule has 5 heteroatoms. The number of nitrogens with zero attached hydrogens (tertiary/aromatic N) is 3. The Kier molecular flexibility index (Phi) is 4.48. The van der Waals surface area contributed by atoms with Crippen LogP contribution in [0.15, 0.2) is 4.42 Å². The summed E-state index contributed by atoms with van der Waals surface area (Å²) in [6.07, 6.45) is 9.70. The van der Waals surface area contributed by atoms with E-state index in [4.69, 9.17) is 4.42 Å². The van der Waals surface area contributed by atoms with Crippen LogP contribution in [0.5, 0.6) is 0 Å². The first-order valence-corrected chi connectivity index (χ1v) is 8.48. The van der Waals surface area contributed by atoms with Crippen molar-refractivity contribution in [2.45, 2.75) is 71.4 Å². The smallest absolute Gasteiger partial charge is 0.318 e. The molecule has 2 heterocycles. The first-order chi connectivity index (χ1) is 10.2. The fourth-order valence-corrected chi connectivity index (χ4v) is 3.71. The van der Waals surface area contributed by atoms with E-state index in [-0.39, 0.29) is 0 Å². The molecule has 0 atom stereocenters. The molecule has 0 amide bonds. The van der Waals surface area contributed by atoms with Gasteiger partial charge in [-0.05, 0) is 31.1 Å². The first kappa shape index (κ1) is 14.8. The molecule has 1 aromatic rings. The standard InChI is InChI=1S/C16H28N4O/c1-13(2)17-12-14-18-19-15(21-14)20-10-8-16(9-11-20)6-4-3-5-7-16/h13,17H,3-12H2,1-2H3. The molecule has 118 valence electrons. The summed E-state index contributed by atoms with van der Waals surface area (Å²) in [4.78, 5) is 2.27. The largest absolute Gasteiger partial charge is 0.407 e. The number of nitrogens with one attached hydrogen (secondary N) is 1. The monoisotopic (exact) mass is 292 g/mol. The van der Waals surface area contributed by atoms with Gasteiger partial charge in [-0.15, -0.1) is 5.10 Å². The highest BCUT2D eigenvalue weighted by atomic mass is 16.4. The van der Waals surface area contributed by atoms with E-state index in [1.807, 2.05) is 0 Å². The Morgan fingerprint density at radius 3 is 2.48 bits per heavy atom. The van der Waals surface area contributed by atoms with Gasteiger partial charge >= 0.3 is 6.01 Å². The predicted molar refractivity (Wildman–Crippen MR) is 83.2 cm³/mol. The Hall–Kier alpha value is -1.10. The van der Waals surface area contributed by atoms with E-state index in [9.17, 15) is 0 Å². The van der Waals surface area contributed by atoms with Gasteiger partial charge in [0.15, 0.2) is 0 Å². The molecule has 2 aliphatic rings. The van der Waals surface area contributed by atoms with E-state index >= 15 is 0 Å². The number of anilines is 1. The fraction of sp³-hybridized carbons (Fsp3) is 0.875. The van der Waals surface area contributed by atoms with Gasteiger partial charge in [0, 0.05) is 19.1 Å². The van der Waals surface area contributed by atoms with Crippen LogP contribution >= 0.6 is 0 Å². The van der Waals surface area contributed by atoms with Gasteiger partial charge in [-0.1, -0.05) is 38.2 Å². The lowest BCUT2D eigenvalue weighted by Crippen LogP contribution is -2.41. The minimum atomic E-state index is 0.432. The molecule has 21 heavy (non-hydrogen) atoms. The molecule has 0 radical (unpaired) electrons. The maximum absolute atomic E-state index is 5.79. The third kappa shape index (κ3) is 3.57. The second-order valence-corrected chi connectivity index (χ2v) is 7.06. The number of hydrogen-bond donors (Lipinski definition) is 1. The Bertz CT molecular complexity index is 441. The van der Waals surface area contributed by atoms with Gasteiger partial charge < -0.3 is 14.6 Å². The quantitative estimate of drug-likeness (QED) is 0.924. The van der Waals surface area contributed by atoms with Crippen LogP contribution in [-0.4, -0.2) is 29.3 Å². The highest BCUT2D eigenvalue weighted by molar-refractivity contribution is 5.25. The van der Waals surface area contributed by atoms with Crippen molar-refractivity contribution in [3.8, 4) is 0 Å². The van der Waals surface area contributed by atoms with Crippen molar-refractivity contribution in [3.05, 3.63) is 5.89 Å². The third-order valence-electron chi connectivity index (χ3n) is 5.13. The summed E-state index contributed by atoms with van der Waals surface area (Å²) < 4.78 is 5.79. The summed E-state index contributed by atoms with van der Waals surface area (Å²) in [5.41, 5.74) is 0.622.